The molecule has 1 amide bonds. The molecule has 1 aromatic carbocycles. The smallest absolute Gasteiger partial charge is 0.248 e. The molecular formula is C23H26F2N6OS. The van der Waals surface area contributed by atoms with Crippen molar-refractivity contribution >= 4 is 22.4 Å². The molecule has 5 rings (SSSR count). The number of thiazole rings is 1. The number of aryl methyl sites for hydroxylation is 3. The first-order valence-electron chi connectivity index (χ1n) is 11.4. The highest BCUT2D eigenvalue weighted by molar-refractivity contribution is 7.15. The van der Waals surface area contributed by atoms with E-state index in [2.05, 4.69) is 25.7 Å². The number of tetrazole rings is 1. The van der Waals surface area contributed by atoms with Crippen LogP contribution in [0.4, 0.5) is 13.9 Å². The van der Waals surface area contributed by atoms with E-state index in [4.69, 9.17) is 0 Å². The maximum atomic E-state index is 14.1. The van der Waals surface area contributed by atoms with Crippen molar-refractivity contribution in [1.29, 1.82) is 0 Å². The van der Waals surface area contributed by atoms with Gasteiger partial charge in [0.05, 0.1) is 18.7 Å². The molecule has 7 nitrogen and oxygen atoms in total. The van der Waals surface area contributed by atoms with Crippen molar-refractivity contribution in [3.05, 3.63) is 40.4 Å². The fraction of sp³-hybridized carbons (Fsp3) is 0.522. The summed E-state index contributed by atoms with van der Waals surface area (Å²) in [5.41, 5.74) is 2.53. The zero-order chi connectivity index (χ0) is 23.0. The lowest BCUT2D eigenvalue weighted by atomic mass is 9.83. The van der Waals surface area contributed by atoms with Crippen LogP contribution in [0.3, 0.4) is 0 Å². The number of halogens is 2. The molecule has 2 atom stereocenters. The van der Waals surface area contributed by atoms with Crippen LogP contribution in [0.5, 0.6) is 0 Å². The number of rotatable bonds is 5. The first-order chi connectivity index (χ1) is 15.9. The number of nitrogens with one attached hydrogen (secondary N) is 1. The van der Waals surface area contributed by atoms with Gasteiger partial charge in [0.25, 0.3) is 0 Å². The molecular weight excluding hydrogens is 446 g/mol. The molecule has 0 spiro atoms. The van der Waals surface area contributed by atoms with Gasteiger partial charge in [-0.15, -0.1) is 21.5 Å². The fourth-order valence-electron chi connectivity index (χ4n) is 4.91. The second-order valence-corrected chi connectivity index (χ2v) is 10.1. The number of nitrogens with zero attached hydrogens (tertiary/aromatic N) is 5. The summed E-state index contributed by atoms with van der Waals surface area (Å²) < 4.78 is 28.1. The minimum atomic E-state index is -2.73. The number of alkyl halides is 2. The van der Waals surface area contributed by atoms with Gasteiger partial charge in [-0.25, -0.2) is 13.8 Å². The maximum Gasteiger partial charge on any atom is 0.248 e. The van der Waals surface area contributed by atoms with Gasteiger partial charge in [-0.05, 0) is 48.8 Å². The van der Waals surface area contributed by atoms with Crippen LogP contribution in [0.15, 0.2) is 24.3 Å². The van der Waals surface area contributed by atoms with Gasteiger partial charge in [-0.1, -0.05) is 30.7 Å². The molecule has 0 aliphatic heterocycles. The van der Waals surface area contributed by atoms with E-state index in [1.165, 1.54) is 27.4 Å². The summed E-state index contributed by atoms with van der Waals surface area (Å²) in [5.74, 6) is -3.64. The Hall–Kier alpha value is -2.75. The summed E-state index contributed by atoms with van der Waals surface area (Å²) >= 11 is 1.52. The topological polar surface area (TPSA) is 85.6 Å². The maximum absolute atomic E-state index is 14.1. The van der Waals surface area contributed by atoms with Crippen LogP contribution in [-0.4, -0.2) is 37.0 Å². The summed E-state index contributed by atoms with van der Waals surface area (Å²) in [4.78, 5) is 20.7. The third kappa shape index (κ3) is 4.80. The molecule has 0 radical (unpaired) electrons. The third-order valence-electron chi connectivity index (χ3n) is 6.56. The van der Waals surface area contributed by atoms with E-state index in [1.807, 2.05) is 24.3 Å². The molecule has 2 unspecified atom stereocenters. The lowest BCUT2D eigenvalue weighted by molar-refractivity contribution is -0.118. The number of carbonyl (C=O) groups excluding carboxylic acids is 1. The predicted octanol–water partition coefficient (Wildman–Crippen LogP) is 4.76. The zero-order valence-electron chi connectivity index (χ0n) is 18.4. The molecule has 0 saturated heterocycles. The summed E-state index contributed by atoms with van der Waals surface area (Å²) in [7, 11) is 1.68. The van der Waals surface area contributed by atoms with Crippen LogP contribution in [-0.2, 0) is 24.7 Å². The quantitative estimate of drug-likeness (QED) is 0.541. The van der Waals surface area contributed by atoms with Crippen molar-refractivity contribution in [3.63, 3.8) is 0 Å². The number of fused-ring (bicyclic) bond motifs is 1. The highest BCUT2D eigenvalue weighted by Gasteiger charge is 2.45. The highest BCUT2D eigenvalue weighted by Crippen LogP contribution is 2.46. The van der Waals surface area contributed by atoms with E-state index >= 15 is 0 Å². The SMILES string of the molecule is Cn1nnc(-c2ccc(C(C(=O)Nc3nc4c(s3)CCCCC4)C3CCC(F)(F)C3)cc2)n1. The Morgan fingerprint density at radius 2 is 2.00 bits per heavy atom. The van der Waals surface area contributed by atoms with Gasteiger partial charge >= 0.3 is 0 Å². The van der Waals surface area contributed by atoms with E-state index in [1.54, 1.807) is 7.05 Å². The minimum Gasteiger partial charge on any atom is -0.301 e. The van der Waals surface area contributed by atoms with Crippen molar-refractivity contribution in [2.75, 3.05) is 5.32 Å². The fourth-order valence-corrected chi connectivity index (χ4v) is 5.96. The normalized spacial score (nSPS) is 20.8. The molecule has 2 heterocycles. The standard InChI is InChI=1S/C23H26F2N6OS/c1-31-29-20(28-30-31)15-9-7-14(8-10-15)19(16-11-12-23(24,25)13-16)21(32)27-22-26-17-5-3-2-4-6-18(17)33-22/h7-10,16,19H,2-6,11-13H2,1H3,(H,26,27,32). The van der Waals surface area contributed by atoms with Crippen LogP contribution in [0.2, 0.25) is 0 Å². The third-order valence-corrected chi connectivity index (χ3v) is 7.63. The molecule has 1 fully saturated rings. The molecule has 10 heteroatoms. The second kappa shape index (κ2) is 8.89. The number of benzene rings is 1. The number of hydrogen-bond donors (Lipinski definition) is 1. The van der Waals surface area contributed by atoms with Gasteiger partial charge in [-0.3, -0.25) is 4.79 Å². The lowest BCUT2D eigenvalue weighted by Crippen LogP contribution is -2.27. The van der Waals surface area contributed by atoms with Crippen LogP contribution in [0.25, 0.3) is 11.4 Å². The number of amides is 1. The minimum absolute atomic E-state index is 0.186. The first-order valence-corrected chi connectivity index (χ1v) is 12.2. The molecule has 2 aliphatic carbocycles. The van der Waals surface area contributed by atoms with Gasteiger partial charge < -0.3 is 5.32 Å². The Morgan fingerprint density at radius 1 is 1.21 bits per heavy atom. The monoisotopic (exact) mass is 472 g/mol. The van der Waals surface area contributed by atoms with E-state index in [-0.39, 0.29) is 18.7 Å². The number of anilines is 1. The van der Waals surface area contributed by atoms with Gasteiger partial charge in [0, 0.05) is 23.3 Å². The molecule has 2 aromatic heterocycles. The average Bonchev–Trinajstić information content (AvgIpc) is 3.43. The van der Waals surface area contributed by atoms with E-state index in [9.17, 15) is 13.6 Å². The van der Waals surface area contributed by atoms with Crippen molar-refractivity contribution in [1.82, 2.24) is 25.2 Å². The Morgan fingerprint density at radius 3 is 2.70 bits per heavy atom. The van der Waals surface area contributed by atoms with E-state index in [0.717, 1.165) is 36.9 Å². The van der Waals surface area contributed by atoms with Crippen molar-refractivity contribution in [3.8, 4) is 11.4 Å². The molecule has 2 aliphatic rings. The number of aromatic nitrogens is 5. The largest absolute Gasteiger partial charge is 0.301 e. The summed E-state index contributed by atoms with van der Waals surface area (Å²) in [6, 6.07) is 7.24. The summed E-state index contributed by atoms with van der Waals surface area (Å²) in [6.07, 6.45) is 5.19. The van der Waals surface area contributed by atoms with Crippen molar-refractivity contribution in [2.24, 2.45) is 13.0 Å². The van der Waals surface area contributed by atoms with Crippen LogP contribution >= 0.6 is 11.3 Å². The molecule has 3 aromatic rings. The molecule has 1 N–H and O–H groups in total. The predicted molar refractivity (Wildman–Crippen MR) is 121 cm³/mol. The lowest BCUT2D eigenvalue weighted by Gasteiger charge is -2.23. The number of carbonyl (C=O) groups is 1. The van der Waals surface area contributed by atoms with E-state index < -0.39 is 17.8 Å². The average molecular weight is 473 g/mol. The Balaban J connectivity index is 1.40. The molecule has 33 heavy (non-hydrogen) atoms. The second-order valence-electron chi connectivity index (χ2n) is 9.00. The Labute approximate surface area is 194 Å². The van der Waals surface area contributed by atoms with Gasteiger partial charge in [0.15, 0.2) is 5.13 Å². The van der Waals surface area contributed by atoms with Gasteiger partial charge in [0.2, 0.25) is 17.7 Å². The van der Waals surface area contributed by atoms with Gasteiger partial charge in [0.1, 0.15) is 0 Å². The van der Waals surface area contributed by atoms with Crippen LogP contribution in [0, 0.1) is 5.92 Å². The summed E-state index contributed by atoms with van der Waals surface area (Å²) in [6.45, 7) is 0. The zero-order valence-corrected chi connectivity index (χ0v) is 19.2. The summed E-state index contributed by atoms with van der Waals surface area (Å²) in [5, 5.41) is 15.6. The molecule has 1 saturated carbocycles. The van der Waals surface area contributed by atoms with Gasteiger partial charge in [-0.2, -0.15) is 4.80 Å². The molecule has 0 bridgehead atoms. The Kier molecular flexibility index (Phi) is 5.94. The van der Waals surface area contributed by atoms with Crippen molar-refractivity contribution in [2.45, 2.75) is 63.2 Å². The van der Waals surface area contributed by atoms with Crippen molar-refractivity contribution < 1.29 is 13.6 Å². The Bertz CT molecular complexity index is 1120. The van der Waals surface area contributed by atoms with E-state index in [0.29, 0.717) is 22.9 Å². The number of hydrogen-bond acceptors (Lipinski definition) is 6. The highest BCUT2D eigenvalue weighted by atomic mass is 32.1. The van der Waals surface area contributed by atoms with Crippen LogP contribution < -0.4 is 5.32 Å². The first kappa shape index (κ1) is 22.1. The van der Waals surface area contributed by atoms with Crippen LogP contribution in [0.1, 0.15) is 60.6 Å². The molecule has 174 valence electrons.